The smallest absolute Gasteiger partial charge is 0.415 e. The third-order valence-corrected chi connectivity index (χ3v) is 7.65. The molecule has 2 aromatic rings. The van der Waals surface area contributed by atoms with Gasteiger partial charge in [0.25, 0.3) is 0 Å². The molecule has 3 aliphatic rings. The lowest BCUT2D eigenvalue weighted by Gasteiger charge is -2.39. The Morgan fingerprint density at radius 2 is 1.89 bits per heavy atom. The van der Waals surface area contributed by atoms with Gasteiger partial charge in [0, 0.05) is 45.0 Å². The largest absolute Gasteiger partial charge is 0.444 e. The third-order valence-electron chi connectivity index (χ3n) is 7.65. The molecule has 37 heavy (non-hydrogen) atoms. The Labute approximate surface area is 218 Å². The molecule has 0 spiro atoms. The Hall–Kier alpha value is -3.46. The quantitative estimate of drug-likeness (QED) is 0.509. The molecule has 0 bridgehead atoms. The molecule has 1 aromatic heterocycles. The molecule has 1 saturated heterocycles. The van der Waals surface area contributed by atoms with Crippen molar-refractivity contribution in [1.29, 1.82) is 0 Å². The van der Waals surface area contributed by atoms with Crippen molar-refractivity contribution in [2.24, 2.45) is 5.92 Å². The SMILES string of the molecule is C=CC(=O)N1CCN([C@H](CC2CC2)c2ccc([C@H](C)Nc3ncc4c(n3)N(CC)C(=O)OC4)cc2)CC1. The van der Waals surface area contributed by atoms with Crippen LogP contribution in [0.4, 0.5) is 16.6 Å². The van der Waals surface area contributed by atoms with Crippen molar-refractivity contribution in [3.63, 3.8) is 0 Å². The maximum Gasteiger partial charge on any atom is 0.415 e. The second kappa shape index (κ2) is 10.9. The number of carbonyl (C=O) groups excluding carboxylic acids is 2. The van der Waals surface area contributed by atoms with E-state index < -0.39 is 0 Å². The van der Waals surface area contributed by atoms with Crippen molar-refractivity contribution in [2.75, 3.05) is 42.9 Å². The summed E-state index contributed by atoms with van der Waals surface area (Å²) >= 11 is 0. The van der Waals surface area contributed by atoms with Crippen LogP contribution in [-0.4, -0.2) is 64.5 Å². The molecule has 3 heterocycles. The summed E-state index contributed by atoms with van der Waals surface area (Å²) in [5, 5.41) is 3.39. The lowest BCUT2D eigenvalue weighted by Crippen LogP contribution is -2.49. The van der Waals surface area contributed by atoms with Gasteiger partial charge in [-0.25, -0.2) is 9.78 Å². The summed E-state index contributed by atoms with van der Waals surface area (Å²) in [5.41, 5.74) is 3.28. The van der Waals surface area contributed by atoms with Crippen LogP contribution in [-0.2, 0) is 16.1 Å². The van der Waals surface area contributed by atoms with E-state index in [1.807, 2.05) is 11.8 Å². The van der Waals surface area contributed by atoms with E-state index in [1.54, 1.807) is 6.20 Å². The van der Waals surface area contributed by atoms with Crippen LogP contribution in [0.3, 0.4) is 0 Å². The van der Waals surface area contributed by atoms with E-state index >= 15 is 0 Å². The minimum atomic E-state index is -0.377. The monoisotopic (exact) mass is 504 g/mol. The number of fused-ring (bicyclic) bond motifs is 1. The zero-order chi connectivity index (χ0) is 25.9. The van der Waals surface area contributed by atoms with E-state index in [0.717, 1.165) is 43.2 Å². The number of amides is 2. The highest BCUT2D eigenvalue weighted by Crippen LogP contribution is 2.40. The fourth-order valence-corrected chi connectivity index (χ4v) is 5.22. The number of anilines is 2. The molecule has 9 nitrogen and oxygen atoms in total. The summed E-state index contributed by atoms with van der Waals surface area (Å²) in [6, 6.07) is 9.20. The van der Waals surface area contributed by atoms with Crippen LogP contribution in [0, 0.1) is 5.92 Å². The summed E-state index contributed by atoms with van der Waals surface area (Å²) in [5.74, 6) is 1.92. The highest BCUT2D eigenvalue weighted by atomic mass is 16.6. The summed E-state index contributed by atoms with van der Waals surface area (Å²) < 4.78 is 5.18. The van der Waals surface area contributed by atoms with Crippen molar-refractivity contribution >= 4 is 23.8 Å². The number of aromatic nitrogens is 2. The molecule has 0 unspecified atom stereocenters. The summed E-state index contributed by atoms with van der Waals surface area (Å²) in [4.78, 5) is 39.1. The average molecular weight is 505 g/mol. The van der Waals surface area contributed by atoms with Gasteiger partial charge < -0.3 is 15.0 Å². The second-order valence-corrected chi connectivity index (χ2v) is 10.1. The standard InChI is InChI=1S/C28H36N6O3/c1-4-25(35)33-14-12-32(13-15-33)24(16-20-6-7-20)22-10-8-21(9-11-22)19(3)30-27-29-17-23-18-37-28(36)34(5-2)26(23)31-27/h4,8-11,17,19-20,24H,1,5-7,12-16,18H2,2-3H3,(H,29,30,31)/t19-,24+/m0/s1. The first kappa shape index (κ1) is 25.2. The summed E-state index contributed by atoms with van der Waals surface area (Å²) in [7, 11) is 0. The van der Waals surface area contributed by atoms with Crippen LogP contribution in [0.5, 0.6) is 0 Å². The maximum absolute atomic E-state index is 12.1. The maximum atomic E-state index is 12.1. The van der Waals surface area contributed by atoms with Gasteiger partial charge in [0.2, 0.25) is 11.9 Å². The number of rotatable bonds is 9. The Bertz CT molecular complexity index is 1140. The van der Waals surface area contributed by atoms with E-state index in [0.29, 0.717) is 24.4 Å². The van der Waals surface area contributed by atoms with Crippen molar-refractivity contribution in [2.45, 2.75) is 51.8 Å². The number of cyclic esters (lactones) is 1. The molecule has 1 N–H and O–H groups in total. The number of carbonyl (C=O) groups is 2. The number of ether oxygens (including phenoxy) is 1. The Balaban J connectivity index is 1.26. The Morgan fingerprint density at radius 1 is 1.19 bits per heavy atom. The highest BCUT2D eigenvalue weighted by Gasteiger charge is 2.32. The normalized spacial score (nSPS) is 19.6. The van der Waals surface area contributed by atoms with Crippen LogP contribution >= 0.6 is 0 Å². The minimum Gasteiger partial charge on any atom is -0.444 e. The van der Waals surface area contributed by atoms with Gasteiger partial charge in [-0.2, -0.15) is 4.98 Å². The molecule has 0 radical (unpaired) electrons. The number of nitrogens with zero attached hydrogens (tertiary/aromatic N) is 5. The van der Waals surface area contributed by atoms with E-state index in [-0.39, 0.29) is 24.6 Å². The van der Waals surface area contributed by atoms with Gasteiger partial charge in [-0.05, 0) is 43.4 Å². The molecule has 1 aliphatic carbocycles. The van der Waals surface area contributed by atoms with Gasteiger partial charge in [-0.15, -0.1) is 0 Å². The topological polar surface area (TPSA) is 90.9 Å². The molecule has 2 atom stereocenters. The molecule has 2 aliphatic heterocycles. The average Bonchev–Trinajstić information content (AvgIpc) is 3.76. The molecule has 5 rings (SSSR count). The zero-order valence-electron chi connectivity index (χ0n) is 21.7. The first-order chi connectivity index (χ1) is 18.0. The molecule has 1 aromatic carbocycles. The van der Waals surface area contributed by atoms with Crippen molar-refractivity contribution < 1.29 is 14.3 Å². The second-order valence-electron chi connectivity index (χ2n) is 10.1. The summed E-state index contributed by atoms with van der Waals surface area (Å²) in [6.45, 7) is 11.6. The minimum absolute atomic E-state index is 0.00642. The highest BCUT2D eigenvalue weighted by molar-refractivity contribution is 5.89. The molecular formula is C28H36N6O3. The van der Waals surface area contributed by atoms with Crippen LogP contribution in [0.2, 0.25) is 0 Å². The number of benzene rings is 1. The van der Waals surface area contributed by atoms with E-state index in [2.05, 4.69) is 58.0 Å². The van der Waals surface area contributed by atoms with Gasteiger partial charge in [0.1, 0.15) is 12.4 Å². The van der Waals surface area contributed by atoms with Gasteiger partial charge in [0.15, 0.2) is 0 Å². The van der Waals surface area contributed by atoms with E-state index in [9.17, 15) is 9.59 Å². The van der Waals surface area contributed by atoms with Gasteiger partial charge >= 0.3 is 6.09 Å². The Morgan fingerprint density at radius 3 is 2.54 bits per heavy atom. The third kappa shape index (κ3) is 5.61. The zero-order valence-corrected chi connectivity index (χ0v) is 21.7. The molecular weight excluding hydrogens is 468 g/mol. The lowest BCUT2D eigenvalue weighted by molar-refractivity contribution is -0.128. The van der Waals surface area contributed by atoms with E-state index in [4.69, 9.17) is 4.74 Å². The van der Waals surface area contributed by atoms with Crippen LogP contribution in [0.25, 0.3) is 0 Å². The van der Waals surface area contributed by atoms with Gasteiger partial charge in [-0.3, -0.25) is 14.6 Å². The fraction of sp³-hybridized carbons (Fsp3) is 0.500. The molecule has 9 heteroatoms. The predicted molar refractivity (Wildman–Crippen MR) is 142 cm³/mol. The Kier molecular flexibility index (Phi) is 7.41. The van der Waals surface area contributed by atoms with Crippen LogP contribution < -0.4 is 10.2 Å². The number of hydrogen-bond acceptors (Lipinski definition) is 7. The fourth-order valence-electron chi connectivity index (χ4n) is 5.22. The molecule has 2 amide bonds. The van der Waals surface area contributed by atoms with Crippen molar-refractivity contribution in [3.05, 3.63) is 59.8 Å². The molecule has 1 saturated carbocycles. The van der Waals surface area contributed by atoms with E-state index in [1.165, 1.54) is 35.8 Å². The number of hydrogen-bond donors (Lipinski definition) is 1. The van der Waals surface area contributed by atoms with Crippen LogP contribution in [0.1, 0.15) is 61.9 Å². The number of nitrogens with one attached hydrogen (secondary N) is 1. The molecule has 2 fully saturated rings. The van der Waals surface area contributed by atoms with Crippen LogP contribution in [0.15, 0.2) is 43.1 Å². The van der Waals surface area contributed by atoms with Crippen molar-refractivity contribution in [3.8, 4) is 0 Å². The first-order valence-corrected chi connectivity index (χ1v) is 13.3. The molecule has 196 valence electrons. The van der Waals surface area contributed by atoms with Crippen molar-refractivity contribution in [1.82, 2.24) is 19.8 Å². The van der Waals surface area contributed by atoms with Gasteiger partial charge in [0.05, 0.1) is 11.6 Å². The first-order valence-electron chi connectivity index (χ1n) is 13.3. The summed E-state index contributed by atoms with van der Waals surface area (Å²) in [6.07, 6.45) is 6.56. The predicted octanol–water partition coefficient (Wildman–Crippen LogP) is 4.30. The number of piperazine rings is 1. The lowest BCUT2D eigenvalue weighted by atomic mass is 9.96. The van der Waals surface area contributed by atoms with Gasteiger partial charge in [-0.1, -0.05) is 43.7 Å².